The zero-order valence-electron chi connectivity index (χ0n) is 10.3. The van der Waals surface area contributed by atoms with Gasteiger partial charge in [0.2, 0.25) is 5.82 Å². The van der Waals surface area contributed by atoms with E-state index in [4.69, 9.17) is 4.52 Å². The van der Waals surface area contributed by atoms with E-state index in [1.165, 1.54) is 9.13 Å². The van der Waals surface area contributed by atoms with E-state index in [0.29, 0.717) is 11.7 Å². The Labute approximate surface area is 124 Å². The smallest absolute Gasteiger partial charge is 0.258 e. The molecule has 1 heterocycles. The van der Waals surface area contributed by atoms with Gasteiger partial charge in [0, 0.05) is 14.7 Å². The summed E-state index contributed by atoms with van der Waals surface area (Å²) in [5, 5.41) is 4.04. The van der Waals surface area contributed by atoms with Gasteiger partial charge in [-0.1, -0.05) is 28.9 Å². The van der Waals surface area contributed by atoms with Crippen LogP contribution in [-0.4, -0.2) is 10.1 Å². The largest absolute Gasteiger partial charge is 0.334 e. The molecule has 4 heteroatoms. The first-order valence-electron chi connectivity index (χ1n) is 5.89. The fourth-order valence-electron chi connectivity index (χ4n) is 1.83. The lowest BCUT2D eigenvalue weighted by Crippen LogP contribution is -1.82. The van der Waals surface area contributed by atoms with E-state index < -0.39 is 0 Å². The number of rotatable bonds is 2. The molecule has 0 aliphatic rings. The molecule has 0 saturated carbocycles. The van der Waals surface area contributed by atoms with Gasteiger partial charge >= 0.3 is 0 Å². The maximum atomic E-state index is 5.32. The summed E-state index contributed by atoms with van der Waals surface area (Å²) >= 11 is 2.27. The molecule has 1 aromatic heterocycles. The Bertz CT molecular complexity index is 704. The molecular formula is C15H11IN2O. The van der Waals surface area contributed by atoms with Crippen molar-refractivity contribution in [1.82, 2.24) is 10.1 Å². The zero-order valence-corrected chi connectivity index (χ0v) is 12.5. The van der Waals surface area contributed by atoms with Crippen molar-refractivity contribution in [3.63, 3.8) is 0 Å². The summed E-state index contributed by atoms with van der Waals surface area (Å²) in [7, 11) is 0. The normalized spacial score (nSPS) is 10.6. The molecule has 19 heavy (non-hydrogen) atoms. The van der Waals surface area contributed by atoms with Crippen molar-refractivity contribution in [2.75, 3.05) is 0 Å². The summed E-state index contributed by atoms with van der Waals surface area (Å²) in [6, 6.07) is 16.1. The van der Waals surface area contributed by atoms with E-state index in [1.807, 2.05) is 55.5 Å². The number of aryl methyl sites for hydroxylation is 1. The summed E-state index contributed by atoms with van der Waals surface area (Å²) in [6.07, 6.45) is 0. The Balaban J connectivity index is 1.97. The Kier molecular flexibility index (Phi) is 3.33. The van der Waals surface area contributed by atoms with Crippen LogP contribution in [-0.2, 0) is 0 Å². The Hall–Kier alpha value is -1.69. The average molecular weight is 362 g/mol. The first-order chi connectivity index (χ1) is 9.22. The van der Waals surface area contributed by atoms with Crippen molar-refractivity contribution >= 4 is 22.6 Å². The van der Waals surface area contributed by atoms with E-state index in [1.54, 1.807) is 0 Å². The molecule has 0 unspecified atom stereocenters. The molecule has 94 valence electrons. The third-order valence-corrected chi connectivity index (χ3v) is 3.51. The van der Waals surface area contributed by atoms with Crippen LogP contribution in [0.4, 0.5) is 0 Å². The number of benzene rings is 2. The molecule has 2 aromatic carbocycles. The molecule has 0 saturated heterocycles. The van der Waals surface area contributed by atoms with Crippen molar-refractivity contribution in [1.29, 1.82) is 0 Å². The van der Waals surface area contributed by atoms with Gasteiger partial charge in [-0.25, -0.2) is 0 Å². The number of nitrogens with zero attached hydrogens (tertiary/aromatic N) is 2. The minimum atomic E-state index is 0.549. The van der Waals surface area contributed by atoms with Crippen LogP contribution in [0, 0.1) is 10.5 Å². The second-order valence-corrected chi connectivity index (χ2v) is 5.55. The second-order valence-electron chi connectivity index (χ2n) is 4.30. The fraction of sp³-hybridized carbons (Fsp3) is 0.0667. The maximum Gasteiger partial charge on any atom is 0.258 e. The minimum Gasteiger partial charge on any atom is -0.334 e. The van der Waals surface area contributed by atoms with Crippen LogP contribution in [0.2, 0.25) is 0 Å². The molecule has 0 aliphatic heterocycles. The minimum absolute atomic E-state index is 0.549. The SMILES string of the molecule is Cc1cccc(-c2noc(-c3ccc(I)cc3)n2)c1. The van der Waals surface area contributed by atoms with Crippen molar-refractivity contribution in [3.8, 4) is 22.8 Å². The lowest BCUT2D eigenvalue weighted by molar-refractivity contribution is 0.432. The predicted molar refractivity (Wildman–Crippen MR) is 82.6 cm³/mol. The molecule has 0 spiro atoms. The van der Waals surface area contributed by atoms with Gasteiger partial charge in [-0.3, -0.25) is 0 Å². The summed E-state index contributed by atoms with van der Waals surface area (Å²) < 4.78 is 6.50. The topological polar surface area (TPSA) is 38.9 Å². The Morgan fingerprint density at radius 1 is 1.00 bits per heavy atom. The quantitative estimate of drug-likeness (QED) is 0.638. The molecule has 3 nitrogen and oxygen atoms in total. The first-order valence-corrected chi connectivity index (χ1v) is 6.97. The Morgan fingerprint density at radius 3 is 2.53 bits per heavy atom. The van der Waals surface area contributed by atoms with Crippen LogP contribution < -0.4 is 0 Å². The van der Waals surface area contributed by atoms with Gasteiger partial charge < -0.3 is 4.52 Å². The molecule has 0 fully saturated rings. The molecule has 0 atom stereocenters. The molecule has 3 rings (SSSR count). The molecule has 3 aromatic rings. The highest BCUT2D eigenvalue weighted by atomic mass is 127. The van der Waals surface area contributed by atoms with Gasteiger partial charge in [-0.15, -0.1) is 0 Å². The van der Waals surface area contributed by atoms with Crippen LogP contribution in [0.25, 0.3) is 22.8 Å². The fourth-order valence-corrected chi connectivity index (χ4v) is 2.19. The van der Waals surface area contributed by atoms with Crippen molar-refractivity contribution in [2.24, 2.45) is 0 Å². The number of aromatic nitrogens is 2. The van der Waals surface area contributed by atoms with Gasteiger partial charge in [0.1, 0.15) is 0 Å². The van der Waals surface area contributed by atoms with Crippen molar-refractivity contribution < 1.29 is 4.52 Å². The van der Waals surface area contributed by atoms with Gasteiger partial charge in [-0.2, -0.15) is 4.98 Å². The van der Waals surface area contributed by atoms with Crippen molar-refractivity contribution in [2.45, 2.75) is 6.92 Å². The van der Waals surface area contributed by atoms with E-state index in [0.717, 1.165) is 11.1 Å². The summed E-state index contributed by atoms with van der Waals surface area (Å²) in [5.41, 5.74) is 3.09. The first kappa shape index (κ1) is 12.3. The lowest BCUT2D eigenvalue weighted by Gasteiger charge is -1.95. The molecule has 0 bridgehead atoms. The third-order valence-electron chi connectivity index (χ3n) is 2.79. The van der Waals surface area contributed by atoms with Crippen LogP contribution in [0.15, 0.2) is 53.1 Å². The van der Waals surface area contributed by atoms with E-state index in [9.17, 15) is 0 Å². The van der Waals surface area contributed by atoms with Crippen molar-refractivity contribution in [3.05, 3.63) is 57.7 Å². The van der Waals surface area contributed by atoms with E-state index in [2.05, 4.69) is 32.7 Å². The maximum absolute atomic E-state index is 5.32. The highest BCUT2D eigenvalue weighted by molar-refractivity contribution is 14.1. The number of hydrogen-bond donors (Lipinski definition) is 0. The highest BCUT2D eigenvalue weighted by Gasteiger charge is 2.10. The molecule has 0 aliphatic carbocycles. The molecule has 0 N–H and O–H groups in total. The summed E-state index contributed by atoms with van der Waals surface area (Å²) in [6.45, 7) is 2.05. The number of halogens is 1. The van der Waals surface area contributed by atoms with Gasteiger partial charge in [0.15, 0.2) is 0 Å². The predicted octanol–water partition coefficient (Wildman–Crippen LogP) is 4.32. The lowest BCUT2D eigenvalue weighted by atomic mass is 10.1. The van der Waals surface area contributed by atoms with Crippen LogP contribution in [0.1, 0.15) is 5.56 Å². The average Bonchev–Trinajstić information content (AvgIpc) is 2.89. The standard InChI is InChI=1S/C15H11IN2O/c1-10-3-2-4-12(9-10)14-17-15(19-18-14)11-5-7-13(16)8-6-11/h2-9H,1H3. The highest BCUT2D eigenvalue weighted by Crippen LogP contribution is 2.23. The van der Waals surface area contributed by atoms with Crippen LogP contribution in [0.3, 0.4) is 0 Å². The zero-order chi connectivity index (χ0) is 13.2. The van der Waals surface area contributed by atoms with Gasteiger partial charge in [0.05, 0.1) is 0 Å². The van der Waals surface area contributed by atoms with Crippen LogP contribution in [0.5, 0.6) is 0 Å². The summed E-state index contributed by atoms with van der Waals surface area (Å²) in [4.78, 5) is 4.44. The molecule has 0 radical (unpaired) electrons. The molecule has 0 amide bonds. The van der Waals surface area contributed by atoms with Crippen LogP contribution >= 0.6 is 22.6 Å². The van der Waals surface area contributed by atoms with Gasteiger partial charge in [0.25, 0.3) is 5.89 Å². The summed E-state index contributed by atoms with van der Waals surface area (Å²) in [5.74, 6) is 1.17. The third kappa shape index (κ3) is 2.68. The molecular weight excluding hydrogens is 351 g/mol. The van der Waals surface area contributed by atoms with Gasteiger partial charge in [-0.05, 0) is 59.8 Å². The van der Waals surface area contributed by atoms with E-state index >= 15 is 0 Å². The second kappa shape index (κ2) is 5.13. The monoisotopic (exact) mass is 362 g/mol. The van der Waals surface area contributed by atoms with E-state index in [-0.39, 0.29) is 0 Å². The number of hydrogen-bond acceptors (Lipinski definition) is 3. The Morgan fingerprint density at radius 2 is 1.79 bits per heavy atom.